The molecule has 2 aromatic heterocycles. The van der Waals surface area contributed by atoms with Crippen molar-refractivity contribution in [1.82, 2.24) is 24.6 Å². The Morgan fingerprint density at radius 1 is 1.18 bits per heavy atom. The van der Waals surface area contributed by atoms with Crippen LogP contribution in [0.25, 0.3) is 0 Å². The smallest absolute Gasteiger partial charge is 0.274 e. The second kappa shape index (κ2) is 7.42. The Balaban J connectivity index is 1.51. The van der Waals surface area contributed by atoms with Crippen molar-refractivity contribution in [2.75, 3.05) is 13.1 Å². The van der Waals surface area contributed by atoms with Gasteiger partial charge in [-0.05, 0) is 38.0 Å². The van der Waals surface area contributed by atoms with E-state index in [4.69, 9.17) is 4.74 Å². The Kier molecular flexibility index (Phi) is 4.81. The molecule has 0 N–H and O–H groups in total. The molecule has 1 atom stereocenters. The van der Waals surface area contributed by atoms with Crippen LogP contribution in [0, 0.1) is 13.8 Å². The third-order valence-electron chi connectivity index (χ3n) is 4.93. The number of hydrogen-bond donors (Lipinski definition) is 0. The van der Waals surface area contributed by atoms with Crippen LogP contribution in [0.3, 0.4) is 0 Å². The largest absolute Gasteiger partial charge is 0.439 e. The van der Waals surface area contributed by atoms with E-state index in [-0.39, 0.29) is 11.8 Å². The van der Waals surface area contributed by atoms with Crippen LogP contribution in [0.1, 0.15) is 39.9 Å². The van der Waals surface area contributed by atoms with Crippen molar-refractivity contribution in [3.05, 3.63) is 65.4 Å². The first kappa shape index (κ1) is 18.2. The number of para-hydroxylation sites is 1. The summed E-state index contributed by atoms with van der Waals surface area (Å²) in [6, 6.07) is 11.4. The SMILES string of the molecule is Cc1cc(Oc2ccccc2C)nc([C@@H]2CCN(C(=O)c3ccn(C)n3)C2)n1. The minimum atomic E-state index is -0.0489. The summed E-state index contributed by atoms with van der Waals surface area (Å²) < 4.78 is 7.63. The monoisotopic (exact) mass is 377 g/mol. The number of aryl methyl sites for hydroxylation is 3. The second-order valence-electron chi connectivity index (χ2n) is 7.18. The molecule has 0 radical (unpaired) electrons. The van der Waals surface area contributed by atoms with E-state index < -0.39 is 0 Å². The molecule has 3 aromatic rings. The number of hydrogen-bond acceptors (Lipinski definition) is 5. The summed E-state index contributed by atoms with van der Waals surface area (Å²) in [5, 5.41) is 4.21. The molecule has 1 aliphatic heterocycles. The summed E-state index contributed by atoms with van der Waals surface area (Å²) in [6.45, 7) is 5.19. The van der Waals surface area contributed by atoms with Gasteiger partial charge in [-0.2, -0.15) is 10.1 Å². The third-order valence-corrected chi connectivity index (χ3v) is 4.93. The van der Waals surface area contributed by atoms with Crippen LogP contribution in [0.15, 0.2) is 42.6 Å². The zero-order valence-corrected chi connectivity index (χ0v) is 16.3. The van der Waals surface area contributed by atoms with E-state index in [1.807, 2.05) is 49.1 Å². The van der Waals surface area contributed by atoms with Crippen molar-refractivity contribution < 1.29 is 9.53 Å². The zero-order valence-electron chi connectivity index (χ0n) is 16.3. The van der Waals surface area contributed by atoms with Gasteiger partial charge in [0.25, 0.3) is 5.91 Å². The van der Waals surface area contributed by atoms with Crippen molar-refractivity contribution in [3.63, 3.8) is 0 Å². The molecule has 7 nitrogen and oxygen atoms in total. The maximum atomic E-state index is 12.6. The molecule has 0 spiro atoms. The van der Waals surface area contributed by atoms with Gasteiger partial charge in [0, 0.05) is 44.0 Å². The first-order chi connectivity index (χ1) is 13.5. The lowest BCUT2D eigenvalue weighted by Crippen LogP contribution is -2.29. The molecule has 0 unspecified atom stereocenters. The van der Waals surface area contributed by atoms with Gasteiger partial charge in [0.05, 0.1) is 0 Å². The molecular formula is C21H23N5O2. The molecule has 3 heterocycles. The first-order valence-electron chi connectivity index (χ1n) is 9.37. The van der Waals surface area contributed by atoms with Crippen LogP contribution in [-0.2, 0) is 7.05 Å². The molecule has 1 saturated heterocycles. The van der Waals surface area contributed by atoms with Crippen molar-refractivity contribution in [2.24, 2.45) is 7.05 Å². The average molecular weight is 377 g/mol. The molecule has 1 amide bonds. The van der Waals surface area contributed by atoms with Gasteiger partial charge < -0.3 is 9.64 Å². The number of carbonyl (C=O) groups is 1. The number of aromatic nitrogens is 4. The van der Waals surface area contributed by atoms with Gasteiger partial charge in [-0.25, -0.2) is 4.98 Å². The molecule has 4 rings (SSSR count). The normalized spacial score (nSPS) is 16.4. The molecule has 1 aromatic carbocycles. The molecule has 1 fully saturated rings. The summed E-state index contributed by atoms with van der Waals surface area (Å²) in [5.41, 5.74) is 2.37. The Hall–Kier alpha value is -3.22. The van der Waals surface area contributed by atoms with Crippen molar-refractivity contribution in [3.8, 4) is 11.6 Å². The lowest BCUT2D eigenvalue weighted by molar-refractivity contribution is 0.0784. The molecule has 28 heavy (non-hydrogen) atoms. The topological polar surface area (TPSA) is 73.1 Å². The standard InChI is InChI=1S/C21H23N5O2/c1-14-6-4-5-7-18(14)28-19-12-15(2)22-20(23-19)16-8-11-26(13-16)21(27)17-9-10-25(3)24-17/h4-7,9-10,12,16H,8,11,13H2,1-3H3/t16-/m1/s1. The Bertz CT molecular complexity index is 1010. The fourth-order valence-electron chi connectivity index (χ4n) is 3.43. The lowest BCUT2D eigenvalue weighted by Gasteiger charge is -2.15. The third kappa shape index (κ3) is 3.74. The van der Waals surface area contributed by atoms with Gasteiger partial charge >= 0.3 is 0 Å². The van der Waals surface area contributed by atoms with Crippen LogP contribution in [-0.4, -0.2) is 43.6 Å². The number of benzene rings is 1. The highest BCUT2D eigenvalue weighted by Gasteiger charge is 2.31. The van der Waals surface area contributed by atoms with Crippen LogP contribution < -0.4 is 4.74 Å². The van der Waals surface area contributed by atoms with E-state index in [1.54, 1.807) is 24.0 Å². The molecule has 0 bridgehead atoms. The van der Waals surface area contributed by atoms with Gasteiger partial charge in [0.1, 0.15) is 17.3 Å². The highest BCUT2D eigenvalue weighted by molar-refractivity contribution is 5.92. The maximum absolute atomic E-state index is 12.6. The maximum Gasteiger partial charge on any atom is 0.274 e. The van der Waals surface area contributed by atoms with E-state index in [0.29, 0.717) is 24.7 Å². The predicted molar refractivity (Wildman–Crippen MR) is 104 cm³/mol. The zero-order chi connectivity index (χ0) is 19.7. The summed E-state index contributed by atoms with van der Waals surface area (Å²) in [5.74, 6) is 2.08. The fraction of sp³-hybridized carbons (Fsp3) is 0.333. The van der Waals surface area contributed by atoms with E-state index in [0.717, 1.165) is 29.3 Å². The van der Waals surface area contributed by atoms with Crippen LogP contribution in [0.2, 0.25) is 0 Å². The van der Waals surface area contributed by atoms with E-state index in [9.17, 15) is 4.79 Å². The van der Waals surface area contributed by atoms with Crippen LogP contribution in [0.4, 0.5) is 0 Å². The number of carbonyl (C=O) groups excluding carboxylic acids is 1. The van der Waals surface area contributed by atoms with Crippen molar-refractivity contribution in [1.29, 1.82) is 0 Å². The predicted octanol–water partition coefficient (Wildman–Crippen LogP) is 3.25. The molecule has 0 aliphatic carbocycles. The number of ether oxygens (including phenoxy) is 1. The van der Waals surface area contributed by atoms with Gasteiger partial charge in [-0.3, -0.25) is 9.48 Å². The molecule has 144 valence electrons. The highest BCUT2D eigenvalue weighted by atomic mass is 16.5. The molecule has 1 aliphatic rings. The molecule has 0 saturated carbocycles. The minimum absolute atomic E-state index is 0.0489. The summed E-state index contributed by atoms with van der Waals surface area (Å²) in [4.78, 5) is 23.7. The first-order valence-corrected chi connectivity index (χ1v) is 9.37. The van der Waals surface area contributed by atoms with Crippen LogP contribution in [0.5, 0.6) is 11.6 Å². The second-order valence-corrected chi connectivity index (χ2v) is 7.18. The van der Waals surface area contributed by atoms with Crippen molar-refractivity contribution in [2.45, 2.75) is 26.2 Å². The van der Waals surface area contributed by atoms with Gasteiger partial charge in [0.2, 0.25) is 5.88 Å². The fourth-order valence-corrected chi connectivity index (χ4v) is 3.43. The molecular weight excluding hydrogens is 354 g/mol. The van der Waals surface area contributed by atoms with Crippen LogP contribution >= 0.6 is 0 Å². The Morgan fingerprint density at radius 3 is 2.75 bits per heavy atom. The molecule has 7 heteroatoms. The Labute approximate surface area is 164 Å². The van der Waals surface area contributed by atoms with E-state index >= 15 is 0 Å². The Morgan fingerprint density at radius 2 is 2.00 bits per heavy atom. The lowest BCUT2D eigenvalue weighted by atomic mass is 10.1. The summed E-state index contributed by atoms with van der Waals surface area (Å²) in [7, 11) is 1.81. The summed E-state index contributed by atoms with van der Waals surface area (Å²) >= 11 is 0. The van der Waals surface area contributed by atoms with Gasteiger partial charge in [-0.1, -0.05) is 18.2 Å². The number of likely N-dealkylation sites (tertiary alicyclic amines) is 1. The van der Waals surface area contributed by atoms with E-state index in [2.05, 4.69) is 15.1 Å². The van der Waals surface area contributed by atoms with Gasteiger partial charge in [0.15, 0.2) is 0 Å². The highest BCUT2D eigenvalue weighted by Crippen LogP contribution is 2.29. The van der Waals surface area contributed by atoms with E-state index in [1.165, 1.54) is 0 Å². The number of nitrogens with zero attached hydrogens (tertiary/aromatic N) is 5. The quantitative estimate of drug-likeness (QED) is 0.698. The van der Waals surface area contributed by atoms with Crippen molar-refractivity contribution >= 4 is 5.91 Å². The average Bonchev–Trinajstić information content (AvgIpc) is 3.32. The minimum Gasteiger partial charge on any atom is -0.439 e. The summed E-state index contributed by atoms with van der Waals surface area (Å²) in [6.07, 6.45) is 2.60. The number of amides is 1. The number of rotatable bonds is 4. The van der Waals surface area contributed by atoms with Gasteiger partial charge in [-0.15, -0.1) is 0 Å².